The minimum atomic E-state index is -0.348. The maximum atomic E-state index is 12.1. The van der Waals surface area contributed by atoms with E-state index in [0.29, 0.717) is 108 Å². The summed E-state index contributed by atoms with van der Waals surface area (Å²) < 4.78 is 41.0. The van der Waals surface area contributed by atoms with Crippen molar-refractivity contribution in [3.63, 3.8) is 0 Å². The van der Waals surface area contributed by atoms with Crippen LogP contribution < -0.4 is 0 Å². The van der Waals surface area contributed by atoms with Crippen molar-refractivity contribution >= 4 is 5.97 Å². The zero-order valence-corrected chi connectivity index (χ0v) is 27.8. The Hall–Kier alpha value is -0.810. The van der Waals surface area contributed by atoms with E-state index in [1.165, 1.54) is 7.11 Å². The van der Waals surface area contributed by atoms with Gasteiger partial charge in [0.25, 0.3) is 0 Å². The first-order chi connectivity index (χ1) is 21.3. The lowest BCUT2D eigenvalue weighted by molar-refractivity contribution is -0.220. The Kier molecular flexibility index (Phi) is 12.4. The van der Waals surface area contributed by atoms with Crippen LogP contribution in [0, 0.1) is 46.3 Å². The third kappa shape index (κ3) is 7.50. The van der Waals surface area contributed by atoms with E-state index >= 15 is 0 Å². The van der Waals surface area contributed by atoms with Gasteiger partial charge in [-0.15, -0.1) is 0 Å². The third-order valence-electron chi connectivity index (χ3n) is 12.8. The van der Waals surface area contributed by atoms with E-state index in [-0.39, 0.29) is 35.1 Å². The van der Waals surface area contributed by atoms with E-state index in [0.717, 1.165) is 51.4 Å². The Morgan fingerprint density at radius 3 is 2.07 bits per heavy atom. The highest BCUT2D eigenvalue weighted by molar-refractivity contribution is 5.69. The highest BCUT2D eigenvalue weighted by Gasteiger charge is 2.66. The fraction of sp³-hybridized carbons (Fsp3) is 0.971. The predicted octanol–water partition coefficient (Wildman–Crippen LogP) is 4.67. The molecule has 4 saturated carbocycles. The first kappa shape index (κ1) is 34.5. The molecular formula is C35H60O9. The number of hydrogen-bond acceptors (Lipinski definition) is 9. The molecule has 5 rings (SSSR count). The lowest BCUT2D eigenvalue weighted by Crippen LogP contribution is -2.63. The van der Waals surface area contributed by atoms with Gasteiger partial charge in [0, 0.05) is 6.42 Å². The molecule has 5 fully saturated rings. The van der Waals surface area contributed by atoms with Crippen molar-refractivity contribution in [3.8, 4) is 0 Å². The summed E-state index contributed by atoms with van der Waals surface area (Å²) in [5.41, 5.74) is -0.0126. The Bertz CT molecular complexity index is 901. The molecule has 254 valence electrons. The first-order valence-electron chi connectivity index (χ1n) is 17.6. The molecule has 1 aliphatic heterocycles. The van der Waals surface area contributed by atoms with Gasteiger partial charge in [0.1, 0.15) is 0 Å². The molecule has 1 saturated heterocycles. The number of hydrogen-bond donors (Lipinski definition) is 1. The van der Waals surface area contributed by atoms with E-state index in [9.17, 15) is 9.90 Å². The van der Waals surface area contributed by atoms with Gasteiger partial charge in [-0.05, 0) is 97.7 Å². The summed E-state index contributed by atoms with van der Waals surface area (Å²) in [5.74, 6) is 2.33. The van der Waals surface area contributed by atoms with Crippen LogP contribution in [-0.2, 0) is 38.0 Å². The maximum Gasteiger partial charge on any atom is 0.305 e. The Balaban J connectivity index is 1.33. The molecule has 9 heteroatoms. The molecule has 0 aromatic carbocycles. The van der Waals surface area contributed by atoms with Gasteiger partial charge in [0.2, 0.25) is 0 Å². The number of ether oxygens (including phenoxy) is 7. The number of methoxy groups -OCH3 is 1. The van der Waals surface area contributed by atoms with Gasteiger partial charge in [-0.1, -0.05) is 20.8 Å². The van der Waals surface area contributed by atoms with Crippen molar-refractivity contribution in [3.05, 3.63) is 0 Å². The first-order valence-corrected chi connectivity index (χ1v) is 17.6. The van der Waals surface area contributed by atoms with Gasteiger partial charge in [-0.3, -0.25) is 4.79 Å². The van der Waals surface area contributed by atoms with Gasteiger partial charge >= 0.3 is 5.97 Å². The third-order valence-corrected chi connectivity index (χ3v) is 12.8. The van der Waals surface area contributed by atoms with Crippen molar-refractivity contribution in [1.29, 1.82) is 0 Å². The summed E-state index contributed by atoms with van der Waals surface area (Å²) in [6.45, 7) is 12.8. The standard InChI is InChI=1S/C35H60O9/c1-24(5-8-32(37)38-4)27-6-7-28-33-29(23-31(36)35(27,28)3)34(2)10-9-26-21-25(34)22-30(33)44-20-18-42-16-14-40-12-11-39-13-15-41-17-19-43-26/h24-31,33,36H,5-23H2,1-4H3/t24-,25+,26-,27-,28+,29+,30-,31+,33+,34+,35-/m1/s1. The van der Waals surface area contributed by atoms with E-state index in [1.807, 2.05) is 0 Å². The molecule has 0 aromatic rings. The summed E-state index contributed by atoms with van der Waals surface area (Å²) in [6, 6.07) is 0. The van der Waals surface area contributed by atoms with Crippen LogP contribution in [0.15, 0.2) is 0 Å². The molecule has 0 unspecified atom stereocenters. The molecule has 3 bridgehead atoms. The summed E-state index contributed by atoms with van der Waals surface area (Å²) in [4.78, 5) is 12.0. The van der Waals surface area contributed by atoms with Crippen LogP contribution in [0.4, 0.5) is 0 Å². The Morgan fingerprint density at radius 1 is 0.818 bits per heavy atom. The van der Waals surface area contributed by atoms with Crippen molar-refractivity contribution in [2.24, 2.45) is 46.3 Å². The van der Waals surface area contributed by atoms with Gasteiger partial charge < -0.3 is 38.3 Å². The van der Waals surface area contributed by atoms with Crippen LogP contribution in [0.1, 0.15) is 78.6 Å². The lowest BCUT2D eigenvalue weighted by atomic mass is 9.43. The highest BCUT2D eigenvalue weighted by Crippen LogP contribution is 2.68. The van der Waals surface area contributed by atoms with Crippen molar-refractivity contribution in [2.45, 2.75) is 96.9 Å². The predicted molar refractivity (Wildman–Crippen MR) is 165 cm³/mol. The summed E-state index contributed by atoms with van der Waals surface area (Å²) in [5, 5.41) is 12.1. The van der Waals surface area contributed by atoms with Crippen LogP contribution in [0.5, 0.6) is 0 Å². The Labute approximate surface area is 265 Å². The monoisotopic (exact) mass is 624 g/mol. The fourth-order valence-corrected chi connectivity index (χ4v) is 10.4. The second-order valence-corrected chi connectivity index (χ2v) is 14.7. The normalized spacial score (nSPS) is 43.7. The molecular weight excluding hydrogens is 564 g/mol. The quantitative estimate of drug-likeness (QED) is 0.448. The van der Waals surface area contributed by atoms with Gasteiger partial charge in [-0.2, -0.15) is 0 Å². The average molecular weight is 625 g/mol. The van der Waals surface area contributed by atoms with E-state index < -0.39 is 0 Å². The van der Waals surface area contributed by atoms with Crippen molar-refractivity contribution < 1.29 is 43.1 Å². The van der Waals surface area contributed by atoms with Crippen molar-refractivity contribution in [2.75, 3.05) is 73.2 Å². The zero-order chi connectivity index (χ0) is 31.2. The largest absolute Gasteiger partial charge is 0.469 e. The number of carbonyl (C=O) groups excluding carboxylic acids is 1. The molecule has 0 amide bonds. The minimum Gasteiger partial charge on any atom is -0.469 e. The van der Waals surface area contributed by atoms with E-state index in [4.69, 9.17) is 33.2 Å². The molecule has 1 heterocycles. The van der Waals surface area contributed by atoms with Gasteiger partial charge in [0.05, 0.1) is 91.5 Å². The van der Waals surface area contributed by atoms with Crippen LogP contribution >= 0.6 is 0 Å². The minimum absolute atomic E-state index is 0.144. The topological polar surface area (TPSA) is 102 Å². The lowest BCUT2D eigenvalue weighted by Gasteiger charge is -2.64. The number of carbonyl (C=O) groups is 1. The molecule has 44 heavy (non-hydrogen) atoms. The highest BCUT2D eigenvalue weighted by atomic mass is 16.6. The van der Waals surface area contributed by atoms with Gasteiger partial charge in [0.15, 0.2) is 0 Å². The van der Waals surface area contributed by atoms with Gasteiger partial charge in [-0.25, -0.2) is 0 Å². The van der Waals surface area contributed by atoms with Crippen LogP contribution in [-0.4, -0.2) is 103 Å². The molecule has 0 aromatic heterocycles. The number of rotatable bonds is 4. The van der Waals surface area contributed by atoms with E-state index in [2.05, 4.69) is 20.8 Å². The summed E-state index contributed by atoms with van der Waals surface area (Å²) in [7, 11) is 1.46. The summed E-state index contributed by atoms with van der Waals surface area (Å²) >= 11 is 0. The molecule has 0 spiro atoms. The molecule has 5 aliphatic rings. The van der Waals surface area contributed by atoms with Crippen LogP contribution in [0.25, 0.3) is 0 Å². The maximum absolute atomic E-state index is 12.1. The smallest absolute Gasteiger partial charge is 0.305 e. The number of aliphatic hydroxyl groups is 1. The fourth-order valence-electron chi connectivity index (χ4n) is 10.4. The average Bonchev–Trinajstić information content (AvgIpc) is 3.38. The number of fused-ring (bicyclic) bond motifs is 7. The zero-order valence-electron chi connectivity index (χ0n) is 27.8. The molecule has 0 radical (unpaired) electrons. The Morgan fingerprint density at radius 2 is 1.43 bits per heavy atom. The van der Waals surface area contributed by atoms with Crippen molar-refractivity contribution in [1.82, 2.24) is 0 Å². The number of aliphatic hydroxyl groups excluding tert-OH is 1. The number of esters is 1. The molecule has 1 N–H and O–H groups in total. The van der Waals surface area contributed by atoms with E-state index in [1.54, 1.807) is 0 Å². The second-order valence-electron chi connectivity index (χ2n) is 14.7. The second kappa shape index (κ2) is 15.9. The van der Waals surface area contributed by atoms with Crippen LogP contribution in [0.3, 0.4) is 0 Å². The summed E-state index contributed by atoms with van der Waals surface area (Å²) in [6.07, 6.45) is 8.61. The molecule has 9 nitrogen and oxygen atoms in total. The SMILES string of the molecule is COC(=O)CC[C@@H](C)[C@H]1CC[C@H]2[C@@H]3[C@H]4C[C@@H]5C[C@@H](CC[C@]5(C)[C@H]3C[C@H](O)[C@]12C)OCCOCCOCCOCCOCCO4. The molecule has 4 aliphatic carbocycles. The van der Waals surface area contributed by atoms with Crippen LogP contribution in [0.2, 0.25) is 0 Å². The molecule has 11 atom stereocenters.